The number of carbonyl (C=O) groups excluding carboxylic acids is 2. The number of amides is 1. The molecule has 0 unspecified atom stereocenters. The van der Waals surface area contributed by atoms with Crippen molar-refractivity contribution in [3.05, 3.63) is 58.1 Å². The minimum absolute atomic E-state index is 0.0994. The van der Waals surface area contributed by atoms with E-state index in [4.69, 9.17) is 14.2 Å². The van der Waals surface area contributed by atoms with Gasteiger partial charge in [-0.05, 0) is 24.3 Å². The molecule has 0 heterocycles. The number of nitrogens with zero attached hydrogens (tertiary/aromatic N) is 1. The molecule has 0 aliphatic heterocycles. The Hall–Kier alpha value is -3.62. The number of non-ortho nitro benzene ring substituents is 1. The molecule has 9 nitrogen and oxygen atoms in total. The number of nitrogens with one attached hydrogen (secondary N) is 1. The fourth-order valence-electron chi connectivity index (χ4n) is 2.03. The monoisotopic (exact) mass is 360 g/mol. The van der Waals surface area contributed by atoms with E-state index in [9.17, 15) is 19.7 Å². The van der Waals surface area contributed by atoms with E-state index in [1.165, 1.54) is 38.5 Å². The van der Waals surface area contributed by atoms with E-state index in [2.05, 4.69) is 5.32 Å². The number of hydrogen-bond acceptors (Lipinski definition) is 7. The highest BCUT2D eigenvalue weighted by molar-refractivity contribution is 5.96. The van der Waals surface area contributed by atoms with Gasteiger partial charge in [0.25, 0.3) is 11.6 Å². The molecule has 2 rings (SSSR count). The van der Waals surface area contributed by atoms with Gasteiger partial charge in [0.15, 0.2) is 6.61 Å². The molecule has 0 radical (unpaired) electrons. The van der Waals surface area contributed by atoms with Gasteiger partial charge in [-0.15, -0.1) is 0 Å². The minimum atomic E-state index is -0.771. The summed E-state index contributed by atoms with van der Waals surface area (Å²) >= 11 is 0. The Kier molecular flexibility index (Phi) is 6.10. The van der Waals surface area contributed by atoms with E-state index < -0.39 is 23.4 Å². The van der Waals surface area contributed by atoms with Crippen molar-refractivity contribution in [3.8, 4) is 11.5 Å². The van der Waals surface area contributed by atoms with Crippen LogP contribution in [-0.4, -0.2) is 37.6 Å². The van der Waals surface area contributed by atoms with Gasteiger partial charge in [-0.25, -0.2) is 4.79 Å². The van der Waals surface area contributed by atoms with E-state index in [0.29, 0.717) is 17.2 Å². The molecule has 2 aromatic carbocycles. The van der Waals surface area contributed by atoms with E-state index >= 15 is 0 Å². The lowest BCUT2D eigenvalue weighted by Gasteiger charge is -2.12. The number of nitro benzene ring substituents is 1. The number of ether oxygens (including phenoxy) is 3. The highest BCUT2D eigenvalue weighted by atomic mass is 16.6. The second-order valence-corrected chi connectivity index (χ2v) is 4.99. The molecule has 0 aliphatic carbocycles. The van der Waals surface area contributed by atoms with E-state index in [0.717, 1.165) is 0 Å². The highest BCUT2D eigenvalue weighted by Crippen LogP contribution is 2.28. The van der Waals surface area contributed by atoms with E-state index in [-0.39, 0.29) is 11.3 Å². The molecular weight excluding hydrogens is 344 g/mol. The summed E-state index contributed by atoms with van der Waals surface area (Å²) in [6, 6.07) is 9.72. The van der Waals surface area contributed by atoms with Gasteiger partial charge in [-0.2, -0.15) is 0 Å². The number of anilines is 1. The maximum absolute atomic E-state index is 12.0. The lowest BCUT2D eigenvalue weighted by molar-refractivity contribution is -0.384. The summed E-state index contributed by atoms with van der Waals surface area (Å²) < 4.78 is 15.1. The number of nitro groups is 1. The van der Waals surface area contributed by atoms with Crippen molar-refractivity contribution in [3.63, 3.8) is 0 Å². The predicted molar refractivity (Wildman–Crippen MR) is 91.6 cm³/mol. The van der Waals surface area contributed by atoms with Crippen LogP contribution >= 0.6 is 0 Å². The van der Waals surface area contributed by atoms with Crippen LogP contribution in [0.25, 0.3) is 0 Å². The van der Waals surface area contributed by atoms with Crippen LogP contribution in [0.4, 0.5) is 11.4 Å². The molecule has 0 bridgehead atoms. The summed E-state index contributed by atoms with van der Waals surface area (Å²) in [6.45, 7) is -0.532. The number of carbonyl (C=O) groups is 2. The summed E-state index contributed by atoms with van der Waals surface area (Å²) in [4.78, 5) is 33.9. The van der Waals surface area contributed by atoms with Crippen LogP contribution in [0.5, 0.6) is 11.5 Å². The Labute approximate surface area is 148 Å². The first-order valence-electron chi connectivity index (χ1n) is 7.38. The standard InChI is InChI=1S/C17H16N2O7/c1-24-13-7-8-15(25-2)14(9-13)18-16(20)10-26-17(21)11-3-5-12(6-4-11)19(22)23/h3-9H,10H2,1-2H3,(H,18,20). The fraction of sp³-hybridized carbons (Fsp3) is 0.176. The molecule has 26 heavy (non-hydrogen) atoms. The molecule has 0 aliphatic rings. The Morgan fingerprint density at radius 2 is 1.77 bits per heavy atom. The third kappa shape index (κ3) is 4.69. The SMILES string of the molecule is COc1ccc(OC)c(NC(=O)COC(=O)c2ccc([N+](=O)[O-])cc2)c1. The number of benzene rings is 2. The van der Waals surface area contributed by atoms with Crippen LogP contribution in [0.2, 0.25) is 0 Å². The Balaban J connectivity index is 1.96. The van der Waals surface area contributed by atoms with Crippen LogP contribution in [0.1, 0.15) is 10.4 Å². The maximum Gasteiger partial charge on any atom is 0.338 e. The molecule has 136 valence electrons. The number of methoxy groups -OCH3 is 2. The van der Waals surface area contributed by atoms with Crippen molar-refractivity contribution in [2.45, 2.75) is 0 Å². The second-order valence-electron chi connectivity index (χ2n) is 4.99. The van der Waals surface area contributed by atoms with Crippen molar-refractivity contribution in [2.24, 2.45) is 0 Å². The van der Waals surface area contributed by atoms with Crippen LogP contribution in [0.15, 0.2) is 42.5 Å². The molecule has 0 atom stereocenters. The molecule has 2 aromatic rings. The van der Waals surface area contributed by atoms with Gasteiger partial charge >= 0.3 is 5.97 Å². The normalized spacial score (nSPS) is 9.92. The molecule has 0 saturated carbocycles. The second kappa shape index (κ2) is 8.47. The van der Waals surface area contributed by atoms with Gasteiger partial charge in [0.2, 0.25) is 0 Å². The van der Waals surface area contributed by atoms with Crippen LogP contribution < -0.4 is 14.8 Å². The van der Waals surface area contributed by atoms with Gasteiger partial charge in [-0.3, -0.25) is 14.9 Å². The molecule has 0 fully saturated rings. The zero-order chi connectivity index (χ0) is 19.1. The van der Waals surface area contributed by atoms with E-state index in [1.807, 2.05) is 0 Å². The summed E-state index contributed by atoms with van der Waals surface area (Å²) in [6.07, 6.45) is 0. The summed E-state index contributed by atoms with van der Waals surface area (Å²) in [5.41, 5.74) is 0.315. The van der Waals surface area contributed by atoms with Crippen molar-refractivity contribution in [2.75, 3.05) is 26.1 Å². The van der Waals surface area contributed by atoms with Gasteiger partial charge in [-0.1, -0.05) is 0 Å². The molecule has 0 spiro atoms. The summed E-state index contributed by atoms with van der Waals surface area (Å²) in [5, 5.41) is 13.1. The average Bonchev–Trinajstić information content (AvgIpc) is 2.66. The van der Waals surface area contributed by atoms with Crippen LogP contribution in [0, 0.1) is 10.1 Å². The number of esters is 1. The van der Waals surface area contributed by atoms with Gasteiger partial charge in [0.05, 0.1) is 30.4 Å². The molecular formula is C17H16N2O7. The topological polar surface area (TPSA) is 117 Å². The lowest BCUT2D eigenvalue weighted by atomic mass is 10.2. The van der Waals surface area contributed by atoms with Crippen LogP contribution in [-0.2, 0) is 9.53 Å². The maximum atomic E-state index is 12.0. The van der Waals surface area contributed by atoms with Crippen molar-refractivity contribution in [1.29, 1.82) is 0 Å². The third-order valence-corrected chi connectivity index (χ3v) is 3.33. The zero-order valence-corrected chi connectivity index (χ0v) is 14.1. The molecule has 1 amide bonds. The third-order valence-electron chi connectivity index (χ3n) is 3.33. The van der Waals surface area contributed by atoms with Crippen molar-refractivity contribution < 1.29 is 28.7 Å². The van der Waals surface area contributed by atoms with Crippen LogP contribution in [0.3, 0.4) is 0 Å². The predicted octanol–water partition coefficient (Wildman–Crippen LogP) is 2.41. The molecule has 0 saturated heterocycles. The Bertz CT molecular complexity index is 818. The summed E-state index contributed by atoms with van der Waals surface area (Å²) in [5.74, 6) is -0.413. The zero-order valence-electron chi connectivity index (χ0n) is 14.1. The minimum Gasteiger partial charge on any atom is -0.497 e. The van der Waals surface area contributed by atoms with E-state index in [1.54, 1.807) is 18.2 Å². The van der Waals surface area contributed by atoms with Gasteiger partial charge in [0.1, 0.15) is 11.5 Å². The molecule has 0 aromatic heterocycles. The first-order chi connectivity index (χ1) is 12.4. The Morgan fingerprint density at radius 1 is 1.08 bits per heavy atom. The molecule has 9 heteroatoms. The smallest absolute Gasteiger partial charge is 0.338 e. The largest absolute Gasteiger partial charge is 0.497 e. The summed E-state index contributed by atoms with van der Waals surface area (Å²) in [7, 11) is 2.94. The van der Waals surface area contributed by atoms with Gasteiger partial charge in [0, 0.05) is 18.2 Å². The van der Waals surface area contributed by atoms with Crippen molar-refractivity contribution in [1.82, 2.24) is 0 Å². The highest BCUT2D eigenvalue weighted by Gasteiger charge is 2.14. The number of rotatable bonds is 7. The average molecular weight is 360 g/mol. The molecule has 1 N–H and O–H groups in total. The van der Waals surface area contributed by atoms with Gasteiger partial charge < -0.3 is 19.5 Å². The quantitative estimate of drug-likeness (QED) is 0.458. The Morgan fingerprint density at radius 3 is 2.35 bits per heavy atom. The van der Waals surface area contributed by atoms with Crippen molar-refractivity contribution >= 4 is 23.3 Å². The lowest BCUT2D eigenvalue weighted by Crippen LogP contribution is -2.21. The fourth-order valence-corrected chi connectivity index (χ4v) is 2.03. The first kappa shape index (κ1) is 18.7. The first-order valence-corrected chi connectivity index (χ1v) is 7.38. The number of hydrogen-bond donors (Lipinski definition) is 1.